The van der Waals surface area contributed by atoms with Crippen molar-refractivity contribution in [1.82, 2.24) is 10.2 Å². The third-order valence-electron chi connectivity index (χ3n) is 5.90. The lowest BCUT2D eigenvalue weighted by atomic mass is 9.88. The van der Waals surface area contributed by atoms with E-state index < -0.39 is 48.7 Å². The second kappa shape index (κ2) is 12.0. The first-order chi connectivity index (χ1) is 17.0. The van der Waals surface area contributed by atoms with E-state index in [0.29, 0.717) is 26.9 Å². The number of alkyl halides is 3. The molecule has 3 rings (SSSR count). The summed E-state index contributed by atoms with van der Waals surface area (Å²) in [7, 11) is 1.36. The summed E-state index contributed by atoms with van der Waals surface area (Å²) in [4.78, 5) is 26.1. The summed E-state index contributed by atoms with van der Waals surface area (Å²) < 4.78 is 52.2. The zero-order valence-electron chi connectivity index (χ0n) is 19.4. The number of hydrogen-bond acceptors (Lipinski definition) is 7. The summed E-state index contributed by atoms with van der Waals surface area (Å²) in [5.74, 6) is -1.57. The predicted molar refractivity (Wildman–Crippen MR) is 129 cm³/mol. The van der Waals surface area contributed by atoms with E-state index in [-0.39, 0.29) is 43.3 Å². The number of ether oxygens (including phenoxy) is 2. The fourth-order valence-corrected chi connectivity index (χ4v) is 4.80. The maximum atomic E-state index is 13.5. The monoisotopic (exact) mass is 628 g/mol. The van der Waals surface area contributed by atoms with Gasteiger partial charge in [-0.15, -0.1) is 0 Å². The number of nitrogens with zero attached hydrogens (tertiary/aromatic N) is 1. The summed E-state index contributed by atoms with van der Waals surface area (Å²) in [6.07, 6.45) is -5.72. The van der Waals surface area contributed by atoms with Crippen molar-refractivity contribution in [3.05, 3.63) is 32.9 Å². The highest BCUT2D eigenvalue weighted by Gasteiger charge is 2.47. The average Bonchev–Trinajstić information content (AvgIpc) is 3.67. The van der Waals surface area contributed by atoms with Crippen LogP contribution in [0.4, 0.5) is 13.2 Å². The van der Waals surface area contributed by atoms with Gasteiger partial charge in [0.15, 0.2) is 11.5 Å². The van der Waals surface area contributed by atoms with Crippen molar-refractivity contribution in [3.63, 3.8) is 0 Å². The number of hydrogen-bond donors (Lipinski definition) is 4. The lowest BCUT2D eigenvalue weighted by Gasteiger charge is -2.41. The Morgan fingerprint density at radius 2 is 1.94 bits per heavy atom. The van der Waals surface area contributed by atoms with Crippen molar-refractivity contribution >= 4 is 34.4 Å². The normalized spacial score (nSPS) is 22.0. The Morgan fingerprint density at radius 3 is 2.50 bits per heavy atom. The quantitative estimate of drug-likeness (QED) is 0.290. The zero-order chi connectivity index (χ0) is 26.6. The smallest absolute Gasteiger partial charge is 0.406 e. The summed E-state index contributed by atoms with van der Waals surface area (Å²) in [6.45, 7) is -2.28. The highest BCUT2D eigenvalue weighted by molar-refractivity contribution is 14.1. The molecule has 0 bridgehead atoms. The molecular formula is C23H28F3IN2O7. The van der Waals surface area contributed by atoms with E-state index in [9.17, 15) is 33.0 Å². The molecule has 2 amide bonds. The van der Waals surface area contributed by atoms with Crippen molar-refractivity contribution in [2.45, 2.75) is 50.3 Å². The van der Waals surface area contributed by atoms with Crippen LogP contribution in [0.1, 0.15) is 24.8 Å². The average molecular weight is 628 g/mol. The predicted octanol–water partition coefficient (Wildman–Crippen LogP) is 1.51. The molecule has 2 aliphatic rings. The molecule has 1 saturated carbocycles. The number of carbonyl (C=O) groups is 2. The molecule has 0 aromatic heterocycles. The fraction of sp³-hybridized carbons (Fsp3) is 0.565. The van der Waals surface area contributed by atoms with Gasteiger partial charge in [-0.05, 0) is 59.2 Å². The molecule has 1 fully saturated rings. The minimum Gasteiger partial charge on any atom is -0.493 e. The molecule has 4 N–H and O–H groups in total. The van der Waals surface area contributed by atoms with Crippen molar-refractivity contribution in [2.24, 2.45) is 5.92 Å². The lowest BCUT2D eigenvalue weighted by Crippen LogP contribution is -2.57. The number of aliphatic hydroxyl groups is 3. The van der Waals surface area contributed by atoms with Crippen LogP contribution < -0.4 is 14.8 Å². The van der Waals surface area contributed by atoms with E-state index in [1.807, 2.05) is 22.6 Å². The molecule has 1 aromatic carbocycles. The van der Waals surface area contributed by atoms with Crippen LogP contribution in [0.2, 0.25) is 0 Å². The van der Waals surface area contributed by atoms with E-state index in [1.54, 1.807) is 6.07 Å². The number of amides is 2. The number of benzene rings is 1. The number of halogens is 4. The second-order valence-corrected chi connectivity index (χ2v) is 9.80. The van der Waals surface area contributed by atoms with Gasteiger partial charge in [0.05, 0.1) is 29.9 Å². The number of aliphatic hydroxyl groups excluding tert-OH is 3. The van der Waals surface area contributed by atoms with Gasteiger partial charge in [0, 0.05) is 24.5 Å². The Bertz CT molecular complexity index is 1000. The highest BCUT2D eigenvalue weighted by atomic mass is 127. The highest BCUT2D eigenvalue weighted by Crippen LogP contribution is 2.39. The fourth-order valence-electron chi connectivity index (χ4n) is 4.01. The SMILES string of the molecule is COc1cc(CO)cc(I)c1OC1C=C(C(=O)NCCO)CC(N(CC(F)(F)F)C(=O)C2CC2)C1O. The van der Waals surface area contributed by atoms with E-state index in [4.69, 9.17) is 14.6 Å². The van der Waals surface area contributed by atoms with Gasteiger partial charge in [-0.3, -0.25) is 9.59 Å². The Morgan fingerprint density at radius 1 is 1.25 bits per heavy atom. The van der Waals surface area contributed by atoms with Crippen LogP contribution >= 0.6 is 22.6 Å². The van der Waals surface area contributed by atoms with Crippen LogP contribution in [0.3, 0.4) is 0 Å². The molecule has 0 aliphatic heterocycles. The van der Waals surface area contributed by atoms with Gasteiger partial charge in [0.1, 0.15) is 18.8 Å². The summed E-state index contributed by atoms with van der Waals surface area (Å²) in [6, 6.07) is 1.73. The van der Waals surface area contributed by atoms with Crippen LogP contribution in [-0.4, -0.2) is 83.3 Å². The number of nitrogens with one attached hydrogen (secondary N) is 1. The van der Waals surface area contributed by atoms with Crippen LogP contribution in [0.5, 0.6) is 11.5 Å². The maximum absolute atomic E-state index is 13.5. The third-order valence-corrected chi connectivity index (χ3v) is 6.70. The van der Waals surface area contributed by atoms with Gasteiger partial charge in [0.25, 0.3) is 0 Å². The van der Waals surface area contributed by atoms with Gasteiger partial charge in [-0.2, -0.15) is 13.2 Å². The first-order valence-corrected chi connectivity index (χ1v) is 12.4. The van der Waals surface area contributed by atoms with Crippen LogP contribution in [-0.2, 0) is 16.2 Å². The van der Waals surface area contributed by atoms with Crippen LogP contribution in [0.25, 0.3) is 0 Å². The summed E-state index contributed by atoms with van der Waals surface area (Å²) >= 11 is 1.92. The van der Waals surface area contributed by atoms with Crippen molar-refractivity contribution < 1.29 is 47.6 Å². The van der Waals surface area contributed by atoms with Gasteiger partial charge in [0.2, 0.25) is 11.8 Å². The molecule has 0 radical (unpaired) electrons. The van der Waals surface area contributed by atoms with Crippen LogP contribution in [0.15, 0.2) is 23.8 Å². The molecule has 0 heterocycles. The van der Waals surface area contributed by atoms with Gasteiger partial charge < -0.3 is 35.0 Å². The van der Waals surface area contributed by atoms with Crippen molar-refractivity contribution in [1.29, 1.82) is 0 Å². The Hall–Kier alpha value is -2.10. The van der Waals surface area contributed by atoms with Gasteiger partial charge in [-0.25, -0.2) is 0 Å². The van der Waals surface area contributed by atoms with Crippen molar-refractivity contribution in [3.8, 4) is 11.5 Å². The van der Waals surface area contributed by atoms with Gasteiger partial charge in [-0.1, -0.05) is 0 Å². The first kappa shape index (κ1) is 28.5. The van der Waals surface area contributed by atoms with Crippen LogP contribution in [0, 0.1) is 9.49 Å². The minimum atomic E-state index is -4.72. The Balaban J connectivity index is 2.00. The molecule has 9 nitrogen and oxygen atoms in total. The molecule has 200 valence electrons. The van der Waals surface area contributed by atoms with E-state index in [2.05, 4.69) is 5.32 Å². The minimum absolute atomic E-state index is 0.0143. The summed E-state index contributed by atoms with van der Waals surface area (Å²) in [5.41, 5.74) is 0.539. The largest absolute Gasteiger partial charge is 0.493 e. The second-order valence-electron chi connectivity index (χ2n) is 8.64. The standard InChI is InChI=1S/C23H28F3IN2O7/c1-35-18-7-12(10-31)6-15(27)20(18)36-17-9-14(21(33)28-4-5-30)8-16(19(17)32)29(11-23(24,25)26)22(34)13-2-3-13/h6-7,9,13,16-17,19,30-32H,2-5,8,10-11H2,1H3,(H,28,33). The third kappa shape index (κ3) is 7.01. The van der Waals surface area contributed by atoms with E-state index >= 15 is 0 Å². The van der Waals surface area contributed by atoms with E-state index in [0.717, 1.165) is 0 Å². The van der Waals surface area contributed by atoms with Crippen molar-refractivity contribution in [2.75, 3.05) is 26.8 Å². The maximum Gasteiger partial charge on any atom is 0.406 e. The zero-order valence-corrected chi connectivity index (χ0v) is 21.6. The molecule has 2 aliphatic carbocycles. The number of carbonyl (C=O) groups excluding carboxylic acids is 2. The topological polar surface area (TPSA) is 129 Å². The Kier molecular flexibility index (Phi) is 9.46. The molecule has 13 heteroatoms. The molecular weight excluding hydrogens is 600 g/mol. The summed E-state index contributed by atoms with van der Waals surface area (Å²) in [5, 5.41) is 32.1. The van der Waals surface area contributed by atoms with E-state index in [1.165, 1.54) is 19.3 Å². The molecule has 3 unspecified atom stereocenters. The number of rotatable bonds is 10. The molecule has 3 atom stereocenters. The van der Waals surface area contributed by atoms with Gasteiger partial charge >= 0.3 is 6.18 Å². The molecule has 36 heavy (non-hydrogen) atoms. The molecule has 0 saturated heterocycles. The Labute approximate surface area is 219 Å². The molecule has 1 aromatic rings. The first-order valence-electron chi connectivity index (χ1n) is 11.3. The molecule has 0 spiro atoms. The number of methoxy groups -OCH3 is 1. The lowest BCUT2D eigenvalue weighted by molar-refractivity contribution is -0.173.